The maximum absolute atomic E-state index is 12.6. The summed E-state index contributed by atoms with van der Waals surface area (Å²) in [6, 6.07) is 6.04. The zero-order valence-corrected chi connectivity index (χ0v) is 6.98. The summed E-state index contributed by atoms with van der Waals surface area (Å²) in [5.41, 5.74) is 0.800. The number of nitrogens with zero attached hydrogens (tertiary/aromatic N) is 4. The SMILES string of the molecule is Cn1nnnc1-c1ccc(F)cc1. The van der Waals surface area contributed by atoms with Crippen LogP contribution >= 0.6 is 0 Å². The minimum atomic E-state index is -0.265. The molecule has 66 valence electrons. The first-order valence-corrected chi connectivity index (χ1v) is 3.75. The van der Waals surface area contributed by atoms with Gasteiger partial charge in [-0.05, 0) is 34.7 Å². The van der Waals surface area contributed by atoms with Gasteiger partial charge in [0, 0.05) is 12.6 Å². The van der Waals surface area contributed by atoms with Crippen LogP contribution in [0.3, 0.4) is 0 Å². The van der Waals surface area contributed by atoms with Crippen molar-refractivity contribution in [1.82, 2.24) is 20.2 Å². The lowest BCUT2D eigenvalue weighted by atomic mass is 10.2. The largest absolute Gasteiger partial charge is 0.229 e. The number of aromatic nitrogens is 4. The second kappa shape index (κ2) is 2.93. The van der Waals surface area contributed by atoms with E-state index in [1.807, 2.05) is 0 Å². The van der Waals surface area contributed by atoms with E-state index in [2.05, 4.69) is 15.5 Å². The molecule has 0 fully saturated rings. The maximum Gasteiger partial charge on any atom is 0.181 e. The Bertz CT molecular complexity index is 406. The van der Waals surface area contributed by atoms with Crippen LogP contribution in [-0.4, -0.2) is 20.2 Å². The molecular formula is C8H7FN4. The van der Waals surface area contributed by atoms with E-state index in [4.69, 9.17) is 0 Å². The van der Waals surface area contributed by atoms with E-state index in [0.717, 1.165) is 5.56 Å². The summed E-state index contributed by atoms with van der Waals surface area (Å²) in [4.78, 5) is 0. The standard InChI is InChI=1S/C8H7FN4/c1-13-8(10-11-12-13)6-2-4-7(9)5-3-6/h2-5H,1H3. The fourth-order valence-electron chi connectivity index (χ4n) is 1.07. The van der Waals surface area contributed by atoms with Crippen LogP contribution in [0.4, 0.5) is 4.39 Å². The van der Waals surface area contributed by atoms with E-state index in [1.165, 1.54) is 16.8 Å². The van der Waals surface area contributed by atoms with Crippen LogP contribution < -0.4 is 0 Å². The lowest BCUT2D eigenvalue weighted by Crippen LogP contribution is -1.94. The highest BCUT2D eigenvalue weighted by Crippen LogP contribution is 2.14. The minimum Gasteiger partial charge on any atom is -0.229 e. The molecule has 2 aromatic rings. The highest BCUT2D eigenvalue weighted by Gasteiger charge is 2.04. The van der Waals surface area contributed by atoms with E-state index >= 15 is 0 Å². The van der Waals surface area contributed by atoms with Crippen LogP contribution in [0.1, 0.15) is 0 Å². The van der Waals surface area contributed by atoms with E-state index in [-0.39, 0.29) is 5.82 Å². The van der Waals surface area contributed by atoms with Crippen molar-refractivity contribution in [3.05, 3.63) is 30.1 Å². The van der Waals surface area contributed by atoms with Crippen molar-refractivity contribution >= 4 is 0 Å². The predicted molar refractivity (Wildman–Crippen MR) is 44.2 cm³/mol. The molecule has 0 aliphatic carbocycles. The van der Waals surface area contributed by atoms with Gasteiger partial charge >= 0.3 is 0 Å². The van der Waals surface area contributed by atoms with E-state index < -0.39 is 0 Å². The summed E-state index contributed by atoms with van der Waals surface area (Å²) in [5.74, 6) is 0.360. The van der Waals surface area contributed by atoms with Crippen molar-refractivity contribution < 1.29 is 4.39 Å². The maximum atomic E-state index is 12.6. The molecule has 1 aromatic heterocycles. The molecule has 0 bridgehead atoms. The number of rotatable bonds is 1. The average molecular weight is 178 g/mol. The van der Waals surface area contributed by atoms with Crippen molar-refractivity contribution in [2.75, 3.05) is 0 Å². The van der Waals surface area contributed by atoms with Crippen LogP contribution in [0, 0.1) is 5.82 Å². The quantitative estimate of drug-likeness (QED) is 0.654. The molecule has 0 saturated heterocycles. The molecular weight excluding hydrogens is 171 g/mol. The number of halogens is 1. The molecule has 0 amide bonds. The Morgan fingerprint density at radius 3 is 2.46 bits per heavy atom. The number of hydrogen-bond donors (Lipinski definition) is 0. The summed E-state index contributed by atoms with van der Waals surface area (Å²) in [6.45, 7) is 0. The Labute approximate surface area is 74.0 Å². The second-order valence-corrected chi connectivity index (χ2v) is 2.63. The lowest BCUT2D eigenvalue weighted by molar-refractivity contribution is 0.628. The fraction of sp³-hybridized carbons (Fsp3) is 0.125. The molecule has 0 saturated carbocycles. The third-order valence-electron chi connectivity index (χ3n) is 1.72. The van der Waals surface area contributed by atoms with Gasteiger partial charge in [0.05, 0.1) is 0 Å². The van der Waals surface area contributed by atoms with E-state index in [1.54, 1.807) is 19.2 Å². The summed E-state index contributed by atoms with van der Waals surface area (Å²) in [5, 5.41) is 11.0. The molecule has 0 atom stereocenters. The third-order valence-corrected chi connectivity index (χ3v) is 1.72. The van der Waals surface area contributed by atoms with E-state index in [9.17, 15) is 4.39 Å². The number of hydrogen-bond acceptors (Lipinski definition) is 3. The Hall–Kier alpha value is -1.78. The molecule has 2 rings (SSSR count). The Morgan fingerprint density at radius 2 is 1.92 bits per heavy atom. The number of tetrazole rings is 1. The summed E-state index contributed by atoms with van der Waals surface area (Å²) < 4.78 is 14.1. The monoisotopic (exact) mass is 178 g/mol. The predicted octanol–water partition coefficient (Wildman–Crippen LogP) is 1.02. The molecule has 13 heavy (non-hydrogen) atoms. The van der Waals surface area contributed by atoms with Gasteiger partial charge < -0.3 is 0 Å². The normalized spacial score (nSPS) is 10.3. The summed E-state index contributed by atoms with van der Waals surface area (Å²) >= 11 is 0. The summed E-state index contributed by atoms with van der Waals surface area (Å²) in [7, 11) is 1.73. The molecule has 0 spiro atoms. The number of aryl methyl sites for hydroxylation is 1. The molecule has 4 nitrogen and oxygen atoms in total. The summed E-state index contributed by atoms with van der Waals surface area (Å²) in [6.07, 6.45) is 0. The highest BCUT2D eigenvalue weighted by molar-refractivity contribution is 5.53. The van der Waals surface area contributed by atoms with Crippen molar-refractivity contribution in [2.24, 2.45) is 7.05 Å². The zero-order valence-electron chi connectivity index (χ0n) is 6.98. The first kappa shape index (κ1) is 7.85. The van der Waals surface area contributed by atoms with Crippen molar-refractivity contribution in [2.45, 2.75) is 0 Å². The second-order valence-electron chi connectivity index (χ2n) is 2.63. The average Bonchev–Trinajstić information content (AvgIpc) is 2.53. The molecule has 5 heteroatoms. The van der Waals surface area contributed by atoms with Gasteiger partial charge in [-0.15, -0.1) is 5.10 Å². The molecule has 0 unspecified atom stereocenters. The molecule has 0 aliphatic heterocycles. The van der Waals surface area contributed by atoms with Gasteiger partial charge in [-0.2, -0.15) is 0 Å². The molecule has 0 aliphatic rings. The topological polar surface area (TPSA) is 43.6 Å². The Kier molecular flexibility index (Phi) is 1.77. The minimum absolute atomic E-state index is 0.265. The Balaban J connectivity index is 2.47. The van der Waals surface area contributed by atoms with Gasteiger partial charge in [-0.3, -0.25) is 0 Å². The molecule has 1 aromatic carbocycles. The van der Waals surface area contributed by atoms with Crippen LogP contribution in [0.15, 0.2) is 24.3 Å². The van der Waals surface area contributed by atoms with Crippen LogP contribution in [0.5, 0.6) is 0 Å². The first-order valence-electron chi connectivity index (χ1n) is 3.75. The lowest BCUT2D eigenvalue weighted by Gasteiger charge is -1.97. The van der Waals surface area contributed by atoms with Crippen LogP contribution in [-0.2, 0) is 7.05 Å². The zero-order chi connectivity index (χ0) is 9.26. The highest BCUT2D eigenvalue weighted by atomic mass is 19.1. The van der Waals surface area contributed by atoms with Crippen molar-refractivity contribution in [1.29, 1.82) is 0 Å². The third kappa shape index (κ3) is 1.40. The Morgan fingerprint density at radius 1 is 1.23 bits per heavy atom. The molecule has 0 radical (unpaired) electrons. The van der Waals surface area contributed by atoms with Gasteiger partial charge in [-0.25, -0.2) is 9.07 Å². The van der Waals surface area contributed by atoms with Gasteiger partial charge in [0.2, 0.25) is 0 Å². The van der Waals surface area contributed by atoms with Gasteiger partial charge in [0.25, 0.3) is 0 Å². The smallest absolute Gasteiger partial charge is 0.181 e. The molecule has 1 heterocycles. The van der Waals surface area contributed by atoms with Gasteiger partial charge in [-0.1, -0.05) is 0 Å². The first-order chi connectivity index (χ1) is 6.27. The fourth-order valence-corrected chi connectivity index (χ4v) is 1.07. The van der Waals surface area contributed by atoms with E-state index in [0.29, 0.717) is 5.82 Å². The van der Waals surface area contributed by atoms with Crippen LogP contribution in [0.2, 0.25) is 0 Å². The van der Waals surface area contributed by atoms with Gasteiger partial charge in [0.1, 0.15) is 5.82 Å². The molecule has 0 N–H and O–H groups in total. The van der Waals surface area contributed by atoms with Crippen LogP contribution in [0.25, 0.3) is 11.4 Å². The number of benzene rings is 1. The van der Waals surface area contributed by atoms with Gasteiger partial charge in [0.15, 0.2) is 5.82 Å². The van der Waals surface area contributed by atoms with Crippen molar-refractivity contribution in [3.8, 4) is 11.4 Å². The van der Waals surface area contributed by atoms with Crippen molar-refractivity contribution in [3.63, 3.8) is 0 Å².